The van der Waals surface area contributed by atoms with Crippen molar-refractivity contribution in [2.75, 3.05) is 20.2 Å². The van der Waals surface area contributed by atoms with Crippen molar-refractivity contribution in [1.82, 2.24) is 4.90 Å². The quantitative estimate of drug-likeness (QED) is 0.800. The van der Waals surface area contributed by atoms with E-state index >= 15 is 0 Å². The van der Waals surface area contributed by atoms with Gasteiger partial charge in [-0.25, -0.2) is 0 Å². The second kappa shape index (κ2) is 7.11. The number of benzene rings is 1. The van der Waals surface area contributed by atoms with E-state index in [1.165, 1.54) is 0 Å². The Morgan fingerprint density at radius 2 is 2.14 bits per heavy atom. The van der Waals surface area contributed by atoms with Crippen molar-refractivity contribution >= 4 is 5.91 Å². The molecule has 122 valence electrons. The fraction of sp³-hybridized carbons (Fsp3) is 0.588. The van der Waals surface area contributed by atoms with Crippen molar-refractivity contribution in [3.63, 3.8) is 0 Å². The van der Waals surface area contributed by atoms with Gasteiger partial charge in [0.15, 0.2) is 0 Å². The number of amides is 1. The summed E-state index contributed by atoms with van der Waals surface area (Å²) in [6.45, 7) is 2.56. The number of hydrogen-bond acceptors (Lipinski definition) is 4. The van der Waals surface area contributed by atoms with Crippen LogP contribution in [0.4, 0.5) is 0 Å². The maximum Gasteiger partial charge on any atom is 0.237 e. The summed E-state index contributed by atoms with van der Waals surface area (Å²) >= 11 is 0. The highest BCUT2D eigenvalue weighted by molar-refractivity contribution is 5.85. The summed E-state index contributed by atoms with van der Waals surface area (Å²) in [6, 6.07) is 7.71. The molecular formula is C17H26N2O3. The standard InChI is InChI=1S/C17H26N2O3/c1-13-6-5-7-15(10-13)22-12-14(20)11-19(2)17(16(18)21)8-3-4-9-17/h5-7,10,14,20H,3-4,8-9,11-12H2,1-2H3,(H2,18,21). The van der Waals surface area contributed by atoms with Crippen LogP contribution in [0.1, 0.15) is 31.2 Å². The number of primary amides is 1. The molecule has 1 aromatic carbocycles. The molecular weight excluding hydrogens is 280 g/mol. The average molecular weight is 306 g/mol. The van der Waals surface area contributed by atoms with Crippen LogP contribution in [0.5, 0.6) is 5.75 Å². The van der Waals surface area contributed by atoms with Gasteiger partial charge in [0.25, 0.3) is 0 Å². The van der Waals surface area contributed by atoms with Crippen molar-refractivity contribution in [3.8, 4) is 5.75 Å². The van der Waals surface area contributed by atoms with E-state index in [4.69, 9.17) is 10.5 Å². The highest BCUT2D eigenvalue weighted by atomic mass is 16.5. The third kappa shape index (κ3) is 3.78. The Morgan fingerprint density at radius 1 is 1.45 bits per heavy atom. The molecule has 1 aromatic rings. The highest BCUT2D eigenvalue weighted by Gasteiger charge is 2.43. The van der Waals surface area contributed by atoms with Crippen molar-refractivity contribution in [2.24, 2.45) is 5.73 Å². The smallest absolute Gasteiger partial charge is 0.237 e. The molecule has 1 atom stereocenters. The normalized spacial score (nSPS) is 18.4. The molecule has 1 aliphatic rings. The average Bonchev–Trinajstić information content (AvgIpc) is 2.96. The molecule has 1 amide bonds. The van der Waals surface area contributed by atoms with Gasteiger partial charge in [0, 0.05) is 6.54 Å². The van der Waals surface area contributed by atoms with Crippen molar-refractivity contribution in [2.45, 2.75) is 44.2 Å². The Bertz CT molecular complexity index is 512. The Hall–Kier alpha value is -1.59. The van der Waals surface area contributed by atoms with Crippen LogP contribution in [-0.2, 0) is 4.79 Å². The first-order chi connectivity index (χ1) is 10.4. The molecule has 0 aliphatic heterocycles. The molecule has 3 N–H and O–H groups in total. The predicted molar refractivity (Wildman–Crippen MR) is 85.7 cm³/mol. The largest absolute Gasteiger partial charge is 0.491 e. The summed E-state index contributed by atoms with van der Waals surface area (Å²) in [5.74, 6) is 0.450. The number of carbonyl (C=O) groups excluding carboxylic acids is 1. The molecule has 0 spiro atoms. The number of hydrogen-bond donors (Lipinski definition) is 2. The van der Waals surface area contributed by atoms with Crippen LogP contribution in [-0.4, -0.2) is 47.8 Å². The zero-order chi connectivity index (χ0) is 16.2. The van der Waals surface area contributed by atoms with Crippen LogP contribution in [0, 0.1) is 6.92 Å². The minimum absolute atomic E-state index is 0.197. The van der Waals surface area contributed by atoms with Crippen LogP contribution in [0.3, 0.4) is 0 Å². The van der Waals surface area contributed by atoms with Crippen LogP contribution < -0.4 is 10.5 Å². The Balaban J connectivity index is 1.88. The summed E-state index contributed by atoms with van der Waals surface area (Å²) < 4.78 is 5.61. The molecule has 1 saturated carbocycles. The van der Waals surface area contributed by atoms with Gasteiger partial charge in [-0.3, -0.25) is 9.69 Å². The lowest BCUT2D eigenvalue weighted by molar-refractivity contribution is -0.130. The van der Waals surface area contributed by atoms with Crippen LogP contribution in [0.2, 0.25) is 0 Å². The van der Waals surface area contributed by atoms with E-state index in [2.05, 4.69) is 0 Å². The number of aliphatic hydroxyl groups excluding tert-OH is 1. The summed E-state index contributed by atoms with van der Waals surface area (Å²) in [4.78, 5) is 13.7. The van der Waals surface area contributed by atoms with E-state index in [9.17, 15) is 9.90 Å². The molecule has 0 radical (unpaired) electrons. The third-order valence-corrected chi connectivity index (χ3v) is 4.54. The summed E-state index contributed by atoms with van der Waals surface area (Å²) in [5, 5.41) is 10.2. The van der Waals surface area contributed by atoms with Crippen LogP contribution in [0.15, 0.2) is 24.3 Å². The van der Waals surface area contributed by atoms with Gasteiger partial charge in [-0.2, -0.15) is 0 Å². The Kier molecular flexibility index (Phi) is 5.42. The molecule has 2 rings (SSSR count). The third-order valence-electron chi connectivity index (χ3n) is 4.54. The highest BCUT2D eigenvalue weighted by Crippen LogP contribution is 2.34. The minimum atomic E-state index is -0.665. The Morgan fingerprint density at radius 3 is 2.73 bits per heavy atom. The fourth-order valence-electron chi connectivity index (χ4n) is 3.22. The first kappa shape index (κ1) is 16.8. The number of nitrogens with zero attached hydrogens (tertiary/aromatic N) is 1. The Labute approximate surface area is 132 Å². The molecule has 0 bridgehead atoms. The van der Waals surface area contributed by atoms with E-state index in [0.29, 0.717) is 6.54 Å². The molecule has 1 aliphatic carbocycles. The lowest BCUT2D eigenvalue weighted by atomic mass is 9.94. The van der Waals surface area contributed by atoms with Crippen LogP contribution >= 0.6 is 0 Å². The number of rotatable bonds is 7. The SMILES string of the molecule is Cc1cccc(OCC(O)CN(C)C2(C(N)=O)CCCC2)c1. The number of β-amino-alcohol motifs (C(OH)–C–C–N with tert-alkyl or cyclic N) is 1. The topological polar surface area (TPSA) is 75.8 Å². The summed E-state index contributed by atoms with van der Waals surface area (Å²) in [7, 11) is 1.85. The molecule has 22 heavy (non-hydrogen) atoms. The molecule has 5 nitrogen and oxygen atoms in total. The fourth-order valence-corrected chi connectivity index (χ4v) is 3.22. The maximum absolute atomic E-state index is 11.8. The van der Waals surface area contributed by atoms with Crippen molar-refractivity contribution < 1.29 is 14.6 Å². The minimum Gasteiger partial charge on any atom is -0.491 e. The van der Waals surface area contributed by atoms with Gasteiger partial charge >= 0.3 is 0 Å². The second-order valence-electron chi connectivity index (χ2n) is 6.26. The molecule has 0 aromatic heterocycles. The number of likely N-dealkylation sites (N-methyl/N-ethyl adjacent to an activating group) is 1. The zero-order valence-electron chi connectivity index (χ0n) is 13.4. The number of carbonyl (C=O) groups is 1. The second-order valence-corrected chi connectivity index (χ2v) is 6.26. The van der Waals surface area contributed by atoms with Gasteiger partial charge in [0.2, 0.25) is 5.91 Å². The lowest BCUT2D eigenvalue weighted by Gasteiger charge is -2.37. The summed E-state index contributed by atoms with van der Waals surface area (Å²) in [5.41, 5.74) is 6.10. The summed E-state index contributed by atoms with van der Waals surface area (Å²) in [6.07, 6.45) is 2.88. The maximum atomic E-state index is 11.8. The first-order valence-corrected chi connectivity index (χ1v) is 7.83. The van der Waals surface area contributed by atoms with E-state index in [0.717, 1.165) is 37.0 Å². The van der Waals surface area contributed by atoms with E-state index < -0.39 is 11.6 Å². The number of nitrogens with two attached hydrogens (primary N) is 1. The van der Waals surface area contributed by atoms with Gasteiger partial charge in [0.05, 0.1) is 5.54 Å². The van der Waals surface area contributed by atoms with Gasteiger partial charge < -0.3 is 15.6 Å². The van der Waals surface area contributed by atoms with Gasteiger partial charge in [-0.15, -0.1) is 0 Å². The predicted octanol–water partition coefficient (Wildman–Crippen LogP) is 1.46. The van der Waals surface area contributed by atoms with E-state index in [1.54, 1.807) is 0 Å². The number of aliphatic hydroxyl groups is 1. The van der Waals surface area contributed by atoms with Crippen LogP contribution in [0.25, 0.3) is 0 Å². The monoisotopic (exact) mass is 306 g/mol. The molecule has 5 heteroatoms. The molecule has 0 saturated heterocycles. The van der Waals surface area contributed by atoms with Gasteiger partial charge in [-0.05, 0) is 44.5 Å². The van der Waals surface area contributed by atoms with E-state index in [1.807, 2.05) is 43.1 Å². The van der Waals surface area contributed by atoms with Crippen molar-refractivity contribution in [3.05, 3.63) is 29.8 Å². The van der Waals surface area contributed by atoms with Gasteiger partial charge in [0.1, 0.15) is 18.5 Å². The molecule has 0 heterocycles. The first-order valence-electron chi connectivity index (χ1n) is 7.83. The number of aryl methyl sites for hydroxylation is 1. The van der Waals surface area contributed by atoms with E-state index in [-0.39, 0.29) is 12.5 Å². The number of ether oxygens (including phenoxy) is 1. The van der Waals surface area contributed by atoms with Gasteiger partial charge in [-0.1, -0.05) is 25.0 Å². The molecule has 1 fully saturated rings. The molecule has 1 unspecified atom stereocenters. The van der Waals surface area contributed by atoms with Crippen molar-refractivity contribution in [1.29, 1.82) is 0 Å². The lowest BCUT2D eigenvalue weighted by Crippen LogP contribution is -2.56. The zero-order valence-corrected chi connectivity index (χ0v) is 13.4.